The first-order valence-electron chi connectivity index (χ1n) is 7.10. The number of nitrogens with one attached hydrogen (secondary N) is 1. The number of benzene rings is 1. The van der Waals surface area contributed by atoms with E-state index in [1.807, 2.05) is 12.1 Å². The largest absolute Gasteiger partial charge is 0.478 e. The van der Waals surface area contributed by atoms with Gasteiger partial charge < -0.3 is 10.4 Å². The molecule has 0 bridgehead atoms. The number of carboxylic acids is 1. The highest BCUT2D eigenvalue weighted by Crippen LogP contribution is 2.22. The molecule has 24 heavy (non-hydrogen) atoms. The first-order chi connectivity index (χ1) is 11.6. The molecule has 0 aliphatic carbocycles. The van der Waals surface area contributed by atoms with Crippen LogP contribution >= 0.6 is 11.3 Å². The van der Waals surface area contributed by atoms with Gasteiger partial charge in [-0.2, -0.15) is 0 Å². The minimum atomic E-state index is -1.06. The number of hydrogen-bond acceptors (Lipinski definition) is 6. The molecule has 0 atom stereocenters. The van der Waals surface area contributed by atoms with E-state index in [-0.39, 0.29) is 11.3 Å². The fourth-order valence-electron chi connectivity index (χ4n) is 2.08. The van der Waals surface area contributed by atoms with Crippen molar-refractivity contribution in [3.05, 3.63) is 76.6 Å². The number of carboxylic acid groups (broad SMARTS) is 1. The summed E-state index contributed by atoms with van der Waals surface area (Å²) in [6.07, 6.45) is 4.95. The number of nitrogens with zero attached hydrogens (tertiary/aromatic N) is 2. The Morgan fingerprint density at radius 1 is 1.12 bits per heavy atom. The SMILES string of the molecule is O=C(O)c1cccc(C(=O)c2cnc(NCc3cccnc3)s2)c1. The molecule has 3 rings (SSSR count). The average Bonchev–Trinajstić information content (AvgIpc) is 3.09. The highest BCUT2D eigenvalue weighted by atomic mass is 32.1. The maximum atomic E-state index is 12.4. The van der Waals surface area contributed by atoms with Gasteiger partial charge in [0.1, 0.15) is 0 Å². The van der Waals surface area contributed by atoms with Crippen molar-refractivity contribution >= 4 is 28.2 Å². The van der Waals surface area contributed by atoms with E-state index in [0.717, 1.165) is 5.56 Å². The van der Waals surface area contributed by atoms with E-state index < -0.39 is 5.97 Å². The molecular weight excluding hydrogens is 326 g/mol. The van der Waals surface area contributed by atoms with Crippen LogP contribution in [0.5, 0.6) is 0 Å². The number of anilines is 1. The van der Waals surface area contributed by atoms with Crippen molar-refractivity contribution in [2.45, 2.75) is 6.54 Å². The molecule has 2 heterocycles. The smallest absolute Gasteiger partial charge is 0.335 e. The van der Waals surface area contributed by atoms with Gasteiger partial charge in [0.15, 0.2) is 5.13 Å². The molecule has 0 fully saturated rings. The predicted octanol–water partition coefficient (Wildman–Crippen LogP) is 3.08. The molecule has 2 N–H and O–H groups in total. The summed E-state index contributed by atoms with van der Waals surface area (Å²) in [6, 6.07) is 9.76. The summed E-state index contributed by atoms with van der Waals surface area (Å²) in [5.74, 6) is -1.31. The number of carbonyl (C=O) groups excluding carboxylic acids is 1. The van der Waals surface area contributed by atoms with Crippen LogP contribution in [0.25, 0.3) is 0 Å². The normalized spacial score (nSPS) is 10.3. The van der Waals surface area contributed by atoms with Gasteiger partial charge in [0.25, 0.3) is 0 Å². The first kappa shape index (κ1) is 15.8. The molecule has 0 saturated carbocycles. The number of pyridine rings is 1. The summed E-state index contributed by atoms with van der Waals surface area (Å²) in [6.45, 7) is 0.559. The van der Waals surface area contributed by atoms with Gasteiger partial charge in [-0.3, -0.25) is 9.78 Å². The van der Waals surface area contributed by atoms with E-state index in [1.165, 1.54) is 29.7 Å². The van der Waals surface area contributed by atoms with Crippen LogP contribution in [0.15, 0.2) is 55.0 Å². The molecule has 0 radical (unpaired) electrons. The maximum absolute atomic E-state index is 12.4. The second-order valence-corrected chi connectivity index (χ2v) is 5.99. The van der Waals surface area contributed by atoms with Crippen molar-refractivity contribution in [2.75, 3.05) is 5.32 Å². The van der Waals surface area contributed by atoms with Crippen molar-refractivity contribution in [3.63, 3.8) is 0 Å². The Kier molecular flexibility index (Phi) is 4.62. The lowest BCUT2D eigenvalue weighted by Crippen LogP contribution is -2.02. The monoisotopic (exact) mass is 339 g/mol. The van der Waals surface area contributed by atoms with Crippen LogP contribution in [-0.4, -0.2) is 26.8 Å². The van der Waals surface area contributed by atoms with Gasteiger partial charge in [-0.25, -0.2) is 9.78 Å². The van der Waals surface area contributed by atoms with Gasteiger partial charge in [-0.1, -0.05) is 29.5 Å². The maximum Gasteiger partial charge on any atom is 0.335 e. The van der Waals surface area contributed by atoms with E-state index in [1.54, 1.807) is 24.5 Å². The zero-order chi connectivity index (χ0) is 16.9. The van der Waals surface area contributed by atoms with Gasteiger partial charge in [-0.05, 0) is 23.8 Å². The number of aromatic carboxylic acids is 1. The Balaban J connectivity index is 1.72. The standard InChI is InChI=1S/C17H13N3O3S/c21-15(12-4-1-5-13(7-12)16(22)23)14-10-20-17(24-14)19-9-11-3-2-6-18-8-11/h1-8,10H,9H2,(H,19,20)(H,22,23). The van der Waals surface area contributed by atoms with E-state index in [2.05, 4.69) is 15.3 Å². The fourth-order valence-corrected chi connectivity index (χ4v) is 2.85. The van der Waals surface area contributed by atoms with Crippen molar-refractivity contribution in [2.24, 2.45) is 0 Å². The lowest BCUT2D eigenvalue weighted by Gasteiger charge is -2.01. The Morgan fingerprint density at radius 2 is 1.96 bits per heavy atom. The number of rotatable bonds is 6. The lowest BCUT2D eigenvalue weighted by molar-refractivity contribution is 0.0697. The molecule has 0 aliphatic rings. The molecule has 7 heteroatoms. The molecular formula is C17H13N3O3S. The molecule has 6 nitrogen and oxygen atoms in total. The van der Waals surface area contributed by atoms with Gasteiger partial charge in [0.05, 0.1) is 16.6 Å². The highest BCUT2D eigenvalue weighted by molar-refractivity contribution is 7.17. The molecule has 0 unspecified atom stereocenters. The van der Waals surface area contributed by atoms with Crippen LogP contribution in [-0.2, 0) is 6.54 Å². The zero-order valence-electron chi connectivity index (χ0n) is 12.5. The van der Waals surface area contributed by atoms with Crippen LogP contribution in [0.4, 0.5) is 5.13 Å². The van der Waals surface area contributed by atoms with Crippen LogP contribution in [0.1, 0.15) is 31.2 Å². The number of aromatic nitrogens is 2. The highest BCUT2D eigenvalue weighted by Gasteiger charge is 2.15. The summed E-state index contributed by atoms with van der Waals surface area (Å²) >= 11 is 1.23. The van der Waals surface area contributed by atoms with Gasteiger partial charge in [-0.15, -0.1) is 0 Å². The summed E-state index contributed by atoms with van der Waals surface area (Å²) in [7, 11) is 0. The Bertz CT molecular complexity index is 878. The molecule has 3 aromatic rings. The van der Waals surface area contributed by atoms with Gasteiger partial charge in [0, 0.05) is 24.5 Å². The predicted molar refractivity (Wildman–Crippen MR) is 90.5 cm³/mol. The second-order valence-electron chi connectivity index (χ2n) is 4.96. The van der Waals surface area contributed by atoms with E-state index in [0.29, 0.717) is 22.1 Å². The average molecular weight is 339 g/mol. The first-order valence-corrected chi connectivity index (χ1v) is 7.92. The van der Waals surface area contributed by atoms with Crippen LogP contribution < -0.4 is 5.32 Å². The summed E-state index contributed by atoms with van der Waals surface area (Å²) in [4.78, 5) is 32.1. The summed E-state index contributed by atoms with van der Waals surface area (Å²) in [5.41, 5.74) is 1.42. The quantitative estimate of drug-likeness (QED) is 0.671. The van der Waals surface area contributed by atoms with Crippen molar-refractivity contribution < 1.29 is 14.7 Å². The number of ketones is 1. The zero-order valence-corrected chi connectivity index (χ0v) is 13.3. The third-order valence-electron chi connectivity index (χ3n) is 3.27. The number of hydrogen-bond donors (Lipinski definition) is 2. The Labute approximate surface area is 141 Å². The minimum absolute atomic E-state index is 0.0836. The minimum Gasteiger partial charge on any atom is -0.478 e. The Hall–Kier alpha value is -3.06. The van der Waals surface area contributed by atoms with Crippen molar-refractivity contribution in [3.8, 4) is 0 Å². The molecule has 1 aromatic carbocycles. The lowest BCUT2D eigenvalue weighted by atomic mass is 10.1. The molecule has 120 valence electrons. The van der Waals surface area contributed by atoms with Crippen LogP contribution in [0.3, 0.4) is 0 Å². The molecule has 0 aliphatic heterocycles. The third-order valence-corrected chi connectivity index (χ3v) is 4.22. The van der Waals surface area contributed by atoms with E-state index in [9.17, 15) is 9.59 Å². The van der Waals surface area contributed by atoms with Crippen molar-refractivity contribution in [1.82, 2.24) is 9.97 Å². The number of thiazole rings is 1. The van der Waals surface area contributed by atoms with Gasteiger partial charge >= 0.3 is 5.97 Å². The van der Waals surface area contributed by atoms with E-state index >= 15 is 0 Å². The van der Waals surface area contributed by atoms with Crippen molar-refractivity contribution in [1.29, 1.82) is 0 Å². The third kappa shape index (κ3) is 3.64. The summed E-state index contributed by atoms with van der Waals surface area (Å²) < 4.78 is 0. The Morgan fingerprint density at radius 3 is 2.71 bits per heavy atom. The molecule has 0 saturated heterocycles. The number of carbonyl (C=O) groups is 2. The topological polar surface area (TPSA) is 92.2 Å². The molecule has 2 aromatic heterocycles. The van der Waals surface area contributed by atoms with Crippen LogP contribution in [0.2, 0.25) is 0 Å². The fraction of sp³-hybridized carbons (Fsp3) is 0.0588. The molecule has 0 amide bonds. The van der Waals surface area contributed by atoms with Gasteiger partial charge in [0.2, 0.25) is 5.78 Å². The summed E-state index contributed by atoms with van der Waals surface area (Å²) in [5, 5.41) is 12.8. The molecule has 0 spiro atoms. The van der Waals surface area contributed by atoms with E-state index in [4.69, 9.17) is 5.11 Å². The second kappa shape index (κ2) is 7.01. The van der Waals surface area contributed by atoms with Crippen LogP contribution in [0, 0.1) is 0 Å².